The van der Waals surface area contributed by atoms with Crippen LogP contribution in [0.3, 0.4) is 0 Å². The fourth-order valence-electron chi connectivity index (χ4n) is 2.12. The number of anilines is 2. The predicted octanol–water partition coefficient (Wildman–Crippen LogP) is 2.74. The van der Waals surface area contributed by atoms with Crippen LogP contribution in [-0.4, -0.2) is 10.9 Å². The molecule has 0 bridgehead atoms. The third-order valence-electron chi connectivity index (χ3n) is 3.30. The molecule has 110 valence electrons. The lowest BCUT2D eigenvalue weighted by atomic mass is 10.1. The number of hydrogen-bond acceptors (Lipinski definition) is 4. The van der Waals surface area contributed by atoms with E-state index in [4.69, 9.17) is 5.84 Å². The van der Waals surface area contributed by atoms with Gasteiger partial charge in [-0.1, -0.05) is 32.0 Å². The van der Waals surface area contributed by atoms with Crippen molar-refractivity contribution in [3.63, 3.8) is 0 Å². The lowest BCUT2D eigenvalue weighted by Crippen LogP contribution is -2.16. The Balaban J connectivity index is 2.28. The van der Waals surface area contributed by atoms with Gasteiger partial charge in [0.25, 0.3) is 5.91 Å². The van der Waals surface area contributed by atoms with Crippen molar-refractivity contribution in [1.82, 2.24) is 4.98 Å². The Morgan fingerprint density at radius 1 is 1.19 bits per heavy atom. The van der Waals surface area contributed by atoms with Gasteiger partial charge in [-0.2, -0.15) is 0 Å². The van der Waals surface area contributed by atoms with Crippen molar-refractivity contribution in [3.8, 4) is 0 Å². The zero-order valence-electron chi connectivity index (χ0n) is 12.3. The molecule has 0 aliphatic carbocycles. The Hall–Kier alpha value is -2.40. The summed E-state index contributed by atoms with van der Waals surface area (Å²) >= 11 is 0. The number of carbonyl (C=O) groups is 1. The summed E-state index contributed by atoms with van der Waals surface area (Å²) in [6.07, 6.45) is 1.60. The van der Waals surface area contributed by atoms with Gasteiger partial charge in [-0.15, -0.1) is 0 Å². The highest BCUT2D eigenvalue weighted by molar-refractivity contribution is 6.05. The number of nitrogen functional groups attached to an aromatic ring is 1. The number of nitrogens with two attached hydrogens (primary N) is 1. The number of aryl methyl sites for hydroxylation is 2. The van der Waals surface area contributed by atoms with E-state index in [1.165, 1.54) is 0 Å². The first-order valence-corrected chi connectivity index (χ1v) is 7.04. The number of amides is 1. The van der Waals surface area contributed by atoms with Gasteiger partial charge in [0.2, 0.25) is 0 Å². The summed E-state index contributed by atoms with van der Waals surface area (Å²) in [4.78, 5) is 16.7. The number of hydrazine groups is 1. The largest absolute Gasteiger partial charge is 0.322 e. The Kier molecular flexibility index (Phi) is 4.90. The summed E-state index contributed by atoms with van der Waals surface area (Å²) in [5, 5.41) is 2.95. The number of hydrogen-bond donors (Lipinski definition) is 3. The van der Waals surface area contributed by atoms with E-state index in [9.17, 15) is 4.79 Å². The summed E-state index contributed by atoms with van der Waals surface area (Å²) in [5.41, 5.74) is 5.79. The minimum absolute atomic E-state index is 0.163. The monoisotopic (exact) mass is 284 g/mol. The van der Waals surface area contributed by atoms with Crippen molar-refractivity contribution >= 4 is 17.4 Å². The zero-order chi connectivity index (χ0) is 15.2. The van der Waals surface area contributed by atoms with Crippen molar-refractivity contribution in [2.45, 2.75) is 26.7 Å². The van der Waals surface area contributed by atoms with Gasteiger partial charge in [-0.3, -0.25) is 4.79 Å². The number of pyridine rings is 1. The maximum Gasteiger partial charge on any atom is 0.255 e. The van der Waals surface area contributed by atoms with E-state index in [-0.39, 0.29) is 5.91 Å². The van der Waals surface area contributed by atoms with Crippen LogP contribution in [0.4, 0.5) is 11.5 Å². The molecule has 5 heteroatoms. The molecule has 0 saturated carbocycles. The third-order valence-corrected chi connectivity index (χ3v) is 3.30. The van der Waals surface area contributed by atoms with Crippen LogP contribution in [0.25, 0.3) is 0 Å². The van der Waals surface area contributed by atoms with Crippen LogP contribution in [0.5, 0.6) is 0 Å². The van der Waals surface area contributed by atoms with Crippen molar-refractivity contribution in [2.24, 2.45) is 5.84 Å². The van der Waals surface area contributed by atoms with Gasteiger partial charge in [0, 0.05) is 16.9 Å². The molecule has 0 radical (unpaired) electrons. The lowest BCUT2D eigenvalue weighted by Gasteiger charge is -2.11. The second-order valence-corrected chi connectivity index (χ2v) is 4.70. The molecule has 0 unspecified atom stereocenters. The second-order valence-electron chi connectivity index (χ2n) is 4.70. The Morgan fingerprint density at radius 2 is 1.95 bits per heavy atom. The molecule has 1 heterocycles. The molecule has 1 aromatic carbocycles. The Morgan fingerprint density at radius 3 is 2.62 bits per heavy atom. The molecule has 0 spiro atoms. The molecule has 21 heavy (non-hydrogen) atoms. The van der Waals surface area contributed by atoms with E-state index in [1.54, 1.807) is 12.1 Å². The Labute approximate surface area is 124 Å². The van der Waals surface area contributed by atoms with Crippen molar-refractivity contribution in [3.05, 3.63) is 53.2 Å². The van der Waals surface area contributed by atoms with Crippen LogP contribution in [0.15, 0.2) is 36.4 Å². The maximum absolute atomic E-state index is 12.4. The number of carbonyl (C=O) groups excluding carboxylic acids is 1. The summed E-state index contributed by atoms with van der Waals surface area (Å²) in [5.74, 6) is 5.72. The van der Waals surface area contributed by atoms with Crippen LogP contribution < -0.4 is 16.6 Å². The summed E-state index contributed by atoms with van der Waals surface area (Å²) in [6, 6.07) is 11.2. The number of nitrogens with zero attached hydrogens (tertiary/aromatic N) is 1. The summed E-state index contributed by atoms with van der Waals surface area (Å²) in [7, 11) is 0. The van der Waals surface area contributed by atoms with E-state index >= 15 is 0 Å². The quantitative estimate of drug-likeness (QED) is 0.582. The third kappa shape index (κ3) is 3.58. The van der Waals surface area contributed by atoms with E-state index in [0.717, 1.165) is 29.8 Å². The molecule has 0 atom stereocenters. The molecular weight excluding hydrogens is 264 g/mol. The van der Waals surface area contributed by atoms with Gasteiger partial charge in [0.1, 0.15) is 5.82 Å². The molecule has 1 aromatic heterocycles. The lowest BCUT2D eigenvalue weighted by molar-refractivity contribution is 0.102. The molecule has 4 N–H and O–H groups in total. The van der Waals surface area contributed by atoms with Gasteiger partial charge in [0.05, 0.1) is 0 Å². The first-order valence-electron chi connectivity index (χ1n) is 7.04. The van der Waals surface area contributed by atoms with Gasteiger partial charge in [0.15, 0.2) is 0 Å². The number of benzene rings is 1. The van der Waals surface area contributed by atoms with Gasteiger partial charge in [-0.25, -0.2) is 10.8 Å². The van der Waals surface area contributed by atoms with E-state index in [1.807, 2.05) is 31.2 Å². The highest BCUT2D eigenvalue weighted by atomic mass is 16.1. The number of aromatic nitrogens is 1. The molecule has 1 amide bonds. The minimum Gasteiger partial charge on any atom is -0.322 e. The minimum atomic E-state index is -0.163. The SMILES string of the molecule is CCc1cc(C(=O)Nc2ccccc2CC)cc(NN)n1. The summed E-state index contributed by atoms with van der Waals surface area (Å²) < 4.78 is 0. The molecule has 0 saturated heterocycles. The van der Waals surface area contributed by atoms with Crippen LogP contribution in [0.2, 0.25) is 0 Å². The van der Waals surface area contributed by atoms with E-state index < -0.39 is 0 Å². The number of rotatable bonds is 5. The smallest absolute Gasteiger partial charge is 0.255 e. The molecular formula is C16H20N4O. The van der Waals surface area contributed by atoms with E-state index in [0.29, 0.717) is 11.4 Å². The first-order chi connectivity index (χ1) is 10.2. The fourth-order valence-corrected chi connectivity index (χ4v) is 2.12. The molecule has 2 rings (SSSR count). The highest BCUT2D eigenvalue weighted by Crippen LogP contribution is 2.18. The highest BCUT2D eigenvalue weighted by Gasteiger charge is 2.11. The first kappa shape index (κ1) is 15.0. The van der Waals surface area contributed by atoms with Crippen molar-refractivity contribution in [2.75, 3.05) is 10.7 Å². The van der Waals surface area contributed by atoms with Crippen LogP contribution >= 0.6 is 0 Å². The number of nitrogens with one attached hydrogen (secondary N) is 2. The van der Waals surface area contributed by atoms with Gasteiger partial charge >= 0.3 is 0 Å². The topological polar surface area (TPSA) is 80.0 Å². The standard InChI is InChI=1S/C16H20N4O/c1-3-11-7-5-6-8-14(11)19-16(21)12-9-13(4-2)18-15(10-12)20-17/h5-10H,3-4,17H2,1-2H3,(H,18,20)(H,19,21). The zero-order valence-corrected chi connectivity index (χ0v) is 12.3. The van der Waals surface area contributed by atoms with Crippen LogP contribution in [0.1, 0.15) is 35.5 Å². The van der Waals surface area contributed by atoms with Crippen LogP contribution in [-0.2, 0) is 12.8 Å². The molecule has 0 fully saturated rings. The van der Waals surface area contributed by atoms with Gasteiger partial charge < -0.3 is 10.7 Å². The van der Waals surface area contributed by atoms with E-state index in [2.05, 4.69) is 22.7 Å². The second kappa shape index (κ2) is 6.85. The molecule has 0 aliphatic rings. The molecule has 0 aliphatic heterocycles. The molecule has 5 nitrogen and oxygen atoms in total. The summed E-state index contributed by atoms with van der Waals surface area (Å²) in [6.45, 7) is 4.04. The van der Waals surface area contributed by atoms with Crippen molar-refractivity contribution in [1.29, 1.82) is 0 Å². The predicted molar refractivity (Wildman–Crippen MR) is 85.2 cm³/mol. The molecule has 2 aromatic rings. The normalized spacial score (nSPS) is 10.2. The van der Waals surface area contributed by atoms with Gasteiger partial charge in [-0.05, 0) is 36.6 Å². The Bertz CT molecular complexity index is 618. The van der Waals surface area contributed by atoms with Crippen molar-refractivity contribution < 1.29 is 4.79 Å². The number of para-hydroxylation sites is 1. The maximum atomic E-state index is 12.4. The van der Waals surface area contributed by atoms with Crippen LogP contribution in [0, 0.1) is 0 Å². The average molecular weight is 284 g/mol. The fraction of sp³-hybridized carbons (Fsp3) is 0.250. The average Bonchev–Trinajstić information content (AvgIpc) is 2.54.